The summed E-state index contributed by atoms with van der Waals surface area (Å²) in [6.45, 7) is 2.02. The van der Waals surface area contributed by atoms with Crippen LogP contribution in [-0.4, -0.2) is 10.2 Å². The first-order valence-electron chi connectivity index (χ1n) is 7.32. The van der Waals surface area contributed by atoms with E-state index in [2.05, 4.69) is 0 Å². The molecular weight excluding hydrogens is 365 g/mol. The molecule has 0 aromatic heterocycles. The number of benzene rings is 2. The maximum absolute atomic E-state index is 14.0. The summed E-state index contributed by atoms with van der Waals surface area (Å²) in [4.78, 5) is 14.7. The molecule has 6 heteroatoms. The molecule has 122 valence electrons. The van der Waals surface area contributed by atoms with Crippen molar-refractivity contribution in [1.29, 1.82) is 0 Å². The lowest BCUT2D eigenvalue weighted by Gasteiger charge is -2.18. The van der Waals surface area contributed by atoms with Crippen LogP contribution in [-0.2, 0) is 11.2 Å². The van der Waals surface area contributed by atoms with Gasteiger partial charge in [0.05, 0.1) is 15.6 Å². The van der Waals surface area contributed by atoms with Gasteiger partial charge in [0.1, 0.15) is 5.82 Å². The number of halogens is 2. The molecule has 1 fully saturated rings. The second-order valence-electron chi connectivity index (χ2n) is 5.13. The predicted octanol–water partition coefficient (Wildman–Crippen LogP) is 5.45. The van der Waals surface area contributed by atoms with Crippen LogP contribution in [0.4, 0.5) is 10.1 Å². The van der Waals surface area contributed by atoms with Crippen LogP contribution in [0.1, 0.15) is 18.1 Å². The van der Waals surface area contributed by atoms with E-state index in [0.717, 1.165) is 29.4 Å². The Morgan fingerprint density at radius 1 is 1.25 bits per heavy atom. The smallest absolute Gasteiger partial charge is 0.268 e. The molecule has 2 nitrogen and oxygen atoms in total. The van der Waals surface area contributed by atoms with Gasteiger partial charge in [-0.25, -0.2) is 4.39 Å². The maximum atomic E-state index is 14.0. The van der Waals surface area contributed by atoms with E-state index in [1.54, 1.807) is 6.07 Å². The van der Waals surface area contributed by atoms with Gasteiger partial charge < -0.3 is 0 Å². The van der Waals surface area contributed by atoms with E-state index in [1.807, 2.05) is 31.2 Å². The minimum Gasteiger partial charge on any atom is -0.268 e. The van der Waals surface area contributed by atoms with Crippen LogP contribution in [0, 0.1) is 5.82 Å². The molecule has 0 saturated carbocycles. The minimum atomic E-state index is -0.471. The van der Waals surface area contributed by atoms with Gasteiger partial charge in [-0.05, 0) is 36.3 Å². The van der Waals surface area contributed by atoms with Crippen LogP contribution in [0.3, 0.4) is 0 Å². The third kappa shape index (κ3) is 3.11. The largest absolute Gasteiger partial charge is 0.270 e. The standard InChI is InChI=1S/C18H13ClFNOS2/c1-2-11-6-3-4-9-15(11)21-17(22)16(24-18(21)23)10-12-13(19)7-5-8-14(12)20/h3-10H,2H2,1H3/b16-10-. The topological polar surface area (TPSA) is 20.3 Å². The van der Waals surface area contributed by atoms with E-state index < -0.39 is 5.82 Å². The van der Waals surface area contributed by atoms with Gasteiger partial charge in [-0.1, -0.05) is 66.8 Å². The highest BCUT2D eigenvalue weighted by Crippen LogP contribution is 2.38. The Morgan fingerprint density at radius 2 is 2.00 bits per heavy atom. The number of hydrogen-bond donors (Lipinski definition) is 0. The molecular formula is C18H13ClFNOS2. The number of rotatable bonds is 3. The number of anilines is 1. The molecule has 0 unspecified atom stereocenters. The number of thiocarbonyl (C=S) groups is 1. The highest BCUT2D eigenvalue weighted by atomic mass is 35.5. The number of hydrogen-bond acceptors (Lipinski definition) is 3. The Balaban J connectivity index is 2.02. The van der Waals surface area contributed by atoms with Crippen LogP contribution in [0.2, 0.25) is 5.02 Å². The lowest BCUT2D eigenvalue weighted by atomic mass is 10.1. The Hall–Kier alpha value is -1.69. The fourth-order valence-electron chi connectivity index (χ4n) is 2.48. The van der Waals surface area contributed by atoms with E-state index >= 15 is 0 Å². The van der Waals surface area contributed by atoms with Gasteiger partial charge in [-0.3, -0.25) is 9.69 Å². The van der Waals surface area contributed by atoms with Crippen molar-refractivity contribution in [3.05, 3.63) is 69.3 Å². The van der Waals surface area contributed by atoms with Crippen molar-refractivity contribution in [3.63, 3.8) is 0 Å². The SMILES string of the molecule is CCc1ccccc1N1C(=O)/C(=C/c2c(F)cccc2Cl)SC1=S. The Morgan fingerprint density at radius 3 is 2.71 bits per heavy atom. The van der Waals surface area contributed by atoms with Crippen molar-refractivity contribution in [2.75, 3.05) is 4.90 Å². The number of thioether (sulfide) groups is 1. The first-order chi connectivity index (χ1) is 11.5. The van der Waals surface area contributed by atoms with E-state index in [-0.39, 0.29) is 16.5 Å². The average molecular weight is 378 g/mol. The van der Waals surface area contributed by atoms with Crippen molar-refractivity contribution in [2.24, 2.45) is 0 Å². The van der Waals surface area contributed by atoms with E-state index in [4.69, 9.17) is 23.8 Å². The summed E-state index contributed by atoms with van der Waals surface area (Å²) in [5.41, 5.74) is 1.99. The van der Waals surface area contributed by atoms with Gasteiger partial charge in [-0.15, -0.1) is 0 Å². The summed E-state index contributed by atoms with van der Waals surface area (Å²) < 4.78 is 14.4. The average Bonchev–Trinajstić information content (AvgIpc) is 2.85. The normalized spacial score (nSPS) is 16.3. The maximum Gasteiger partial charge on any atom is 0.270 e. The summed E-state index contributed by atoms with van der Waals surface area (Å²) in [5.74, 6) is -0.730. The predicted molar refractivity (Wildman–Crippen MR) is 103 cm³/mol. The zero-order valence-corrected chi connectivity index (χ0v) is 15.1. The molecule has 0 bridgehead atoms. The highest BCUT2D eigenvalue weighted by Gasteiger charge is 2.34. The van der Waals surface area contributed by atoms with E-state index in [9.17, 15) is 9.18 Å². The molecule has 0 radical (unpaired) electrons. The molecule has 0 spiro atoms. The van der Waals surface area contributed by atoms with Gasteiger partial charge in [0.25, 0.3) is 5.91 Å². The fraction of sp³-hybridized carbons (Fsp3) is 0.111. The molecule has 2 aromatic carbocycles. The minimum absolute atomic E-state index is 0.198. The summed E-state index contributed by atoms with van der Waals surface area (Å²) >= 11 is 12.6. The van der Waals surface area contributed by atoms with Crippen molar-refractivity contribution in [3.8, 4) is 0 Å². The molecule has 2 aromatic rings. The first kappa shape index (κ1) is 17.1. The van der Waals surface area contributed by atoms with Gasteiger partial charge in [0, 0.05) is 5.56 Å². The number of carbonyl (C=O) groups is 1. The molecule has 1 amide bonds. The summed E-state index contributed by atoms with van der Waals surface area (Å²) in [6.07, 6.45) is 2.25. The molecule has 0 aliphatic carbocycles. The van der Waals surface area contributed by atoms with Crippen LogP contribution < -0.4 is 4.90 Å². The van der Waals surface area contributed by atoms with Crippen molar-refractivity contribution < 1.29 is 9.18 Å². The van der Waals surface area contributed by atoms with Gasteiger partial charge in [-0.2, -0.15) is 0 Å². The van der Waals surface area contributed by atoms with Crippen molar-refractivity contribution >= 4 is 57.6 Å². The molecule has 3 rings (SSSR count). The Labute approximate surface area is 154 Å². The number of aryl methyl sites for hydroxylation is 1. The zero-order chi connectivity index (χ0) is 17.3. The number of nitrogens with zero attached hydrogens (tertiary/aromatic N) is 1. The molecule has 24 heavy (non-hydrogen) atoms. The number of para-hydroxylation sites is 1. The molecule has 1 aliphatic heterocycles. The van der Waals surface area contributed by atoms with Gasteiger partial charge >= 0.3 is 0 Å². The van der Waals surface area contributed by atoms with E-state index in [1.165, 1.54) is 23.1 Å². The molecule has 1 saturated heterocycles. The van der Waals surface area contributed by atoms with Gasteiger partial charge in [0.2, 0.25) is 0 Å². The van der Waals surface area contributed by atoms with Crippen molar-refractivity contribution in [1.82, 2.24) is 0 Å². The Bertz CT molecular complexity index is 846. The van der Waals surface area contributed by atoms with Crippen LogP contribution in [0.25, 0.3) is 6.08 Å². The van der Waals surface area contributed by atoms with E-state index in [0.29, 0.717) is 9.23 Å². The second-order valence-corrected chi connectivity index (χ2v) is 7.22. The van der Waals surface area contributed by atoms with Crippen LogP contribution in [0.5, 0.6) is 0 Å². The monoisotopic (exact) mass is 377 g/mol. The summed E-state index contributed by atoms with van der Waals surface area (Å²) in [6, 6.07) is 12.0. The highest BCUT2D eigenvalue weighted by molar-refractivity contribution is 8.27. The summed E-state index contributed by atoms with van der Waals surface area (Å²) in [5, 5.41) is 0.259. The Kier molecular flexibility index (Phi) is 5.04. The van der Waals surface area contributed by atoms with Gasteiger partial charge in [0.15, 0.2) is 4.32 Å². The first-order valence-corrected chi connectivity index (χ1v) is 8.93. The molecule has 1 heterocycles. The fourth-order valence-corrected chi connectivity index (χ4v) is 3.97. The number of carbonyl (C=O) groups excluding carboxylic acids is 1. The lowest BCUT2D eigenvalue weighted by Crippen LogP contribution is -2.28. The second kappa shape index (κ2) is 7.05. The third-order valence-corrected chi connectivity index (χ3v) is 5.31. The summed E-state index contributed by atoms with van der Waals surface area (Å²) in [7, 11) is 0. The van der Waals surface area contributed by atoms with Crippen LogP contribution in [0.15, 0.2) is 47.4 Å². The molecule has 0 atom stereocenters. The van der Waals surface area contributed by atoms with Crippen molar-refractivity contribution in [2.45, 2.75) is 13.3 Å². The molecule has 0 N–H and O–H groups in total. The lowest BCUT2D eigenvalue weighted by molar-refractivity contribution is -0.113. The zero-order valence-electron chi connectivity index (χ0n) is 12.8. The van der Waals surface area contributed by atoms with Crippen LogP contribution >= 0.6 is 35.6 Å². The quantitative estimate of drug-likeness (QED) is 0.524. The molecule has 1 aliphatic rings. The third-order valence-electron chi connectivity index (χ3n) is 3.68. The number of amides is 1.